The van der Waals surface area contributed by atoms with Gasteiger partial charge in [-0.05, 0) is 100 Å². The molecule has 11 aromatic rings. The zero-order valence-electron chi connectivity index (χ0n) is 29.8. The van der Waals surface area contributed by atoms with Gasteiger partial charge in [0.05, 0.1) is 22.7 Å². The van der Waals surface area contributed by atoms with Gasteiger partial charge >= 0.3 is 0 Å². The Morgan fingerprint density at radius 2 is 1.36 bits per heavy atom. The number of rotatable bonds is 3. The highest BCUT2D eigenvalue weighted by Crippen LogP contribution is 2.53. The second-order valence-electron chi connectivity index (χ2n) is 14.8. The van der Waals surface area contributed by atoms with Gasteiger partial charge in [-0.3, -0.25) is 0 Å². The van der Waals surface area contributed by atoms with Gasteiger partial charge in [0, 0.05) is 43.9 Å². The third-order valence-electron chi connectivity index (χ3n) is 11.7. The van der Waals surface area contributed by atoms with Gasteiger partial charge in [0.25, 0.3) is 0 Å². The summed E-state index contributed by atoms with van der Waals surface area (Å²) in [5.41, 5.74) is 16.6. The van der Waals surface area contributed by atoms with Crippen molar-refractivity contribution in [2.75, 3.05) is 0 Å². The zero-order chi connectivity index (χ0) is 36.4. The first-order valence-corrected chi connectivity index (χ1v) is 18.7. The Hall–Kier alpha value is -7.35. The number of fused-ring (bicyclic) bond motifs is 14. The summed E-state index contributed by atoms with van der Waals surface area (Å²) in [6.45, 7) is 2.13. The van der Waals surface area contributed by atoms with E-state index in [0.29, 0.717) is 5.56 Å². The second kappa shape index (κ2) is 11.1. The van der Waals surface area contributed by atoms with Crippen molar-refractivity contribution >= 4 is 65.7 Å². The Bertz CT molecular complexity index is 3480. The van der Waals surface area contributed by atoms with Crippen molar-refractivity contribution in [1.82, 2.24) is 4.57 Å². The summed E-state index contributed by atoms with van der Waals surface area (Å²) in [6.07, 6.45) is 0. The molecule has 0 fully saturated rings. The molecule has 55 heavy (non-hydrogen) atoms. The first-order chi connectivity index (χ1) is 27.1. The van der Waals surface area contributed by atoms with Crippen LogP contribution in [-0.4, -0.2) is 4.57 Å². The standard InChI is InChI=1S/C51H30N2O2/c1-29-17-21-43-42(23-29)39-18-19-40-36-12-4-6-15-44(36)55-51(40)50(39)53(43)34-25-30(28-52)24-33(27-34)31-9-8-10-32(26-31)47-37-13-3-2-11-35(37)38-20-22-46-48(49(38)47)41-14-5-7-16-45(41)54-46/h2-27,47H,1H3. The molecule has 0 amide bonds. The summed E-state index contributed by atoms with van der Waals surface area (Å²) < 4.78 is 15.3. The molecule has 0 saturated carbocycles. The monoisotopic (exact) mass is 702 g/mol. The third kappa shape index (κ3) is 4.21. The minimum Gasteiger partial charge on any atom is -0.456 e. The fraction of sp³-hybridized carbons (Fsp3) is 0.0392. The quantitative estimate of drug-likeness (QED) is 0.184. The number of furan rings is 2. The average molecular weight is 703 g/mol. The SMILES string of the molecule is Cc1ccc2c(c1)c1ccc3c4ccccc4oc3c1n2-c1cc(C#N)cc(-c2cccc(C3c4ccccc4-c4ccc5oc6ccccc6c5c43)c2)c1. The van der Waals surface area contributed by atoms with Crippen LogP contribution in [0.2, 0.25) is 0 Å². The van der Waals surface area contributed by atoms with Gasteiger partial charge in [-0.15, -0.1) is 0 Å². The van der Waals surface area contributed by atoms with E-state index < -0.39 is 0 Å². The van der Waals surface area contributed by atoms with Crippen molar-refractivity contribution in [3.05, 3.63) is 186 Å². The smallest absolute Gasteiger partial charge is 0.160 e. The van der Waals surface area contributed by atoms with Crippen molar-refractivity contribution in [3.63, 3.8) is 0 Å². The normalized spacial score (nSPS) is 13.7. The van der Waals surface area contributed by atoms with Crippen LogP contribution in [0.1, 0.15) is 33.7 Å². The number of aryl methyl sites for hydroxylation is 1. The van der Waals surface area contributed by atoms with Gasteiger partial charge < -0.3 is 13.4 Å². The molecule has 8 aromatic carbocycles. The Labute approximate surface area is 315 Å². The lowest BCUT2D eigenvalue weighted by Crippen LogP contribution is -2.00. The number of hydrogen-bond acceptors (Lipinski definition) is 3. The Balaban J connectivity index is 1.09. The van der Waals surface area contributed by atoms with Gasteiger partial charge in [0.15, 0.2) is 5.58 Å². The molecule has 4 nitrogen and oxygen atoms in total. The summed E-state index contributed by atoms with van der Waals surface area (Å²) in [7, 11) is 0. The van der Waals surface area contributed by atoms with Gasteiger partial charge in [0.1, 0.15) is 16.7 Å². The Morgan fingerprint density at radius 1 is 0.564 bits per heavy atom. The molecule has 1 unspecified atom stereocenters. The fourth-order valence-electron chi connectivity index (χ4n) is 9.41. The molecule has 3 aromatic heterocycles. The zero-order valence-corrected chi connectivity index (χ0v) is 29.8. The molecule has 0 spiro atoms. The molecule has 1 aliphatic rings. The van der Waals surface area contributed by atoms with Gasteiger partial charge in [-0.25, -0.2) is 0 Å². The van der Waals surface area contributed by atoms with Crippen LogP contribution in [-0.2, 0) is 0 Å². The number of aromatic nitrogens is 1. The maximum absolute atomic E-state index is 10.5. The minimum absolute atomic E-state index is 0.0106. The van der Waals surface area contributed by atoms with E-state index in [4.69, 9.17) is 8.83 Å². The molecule has 1 aliphatic carbocycles. The molecular weight excluding hydrogens is 673 g/mol. The predicted octanol–water partition coefficient (Wildman–Crippen LogP) is 13.6. The van der Waals surface area contributed by atoms with Crippen LogP contribution in [0.25, 0.3) is 93.6 Å². The predicted molar refractivity (Wildman–Crippen MR) is 223 cm³/mol. The molecule has 0 saturated heterocycles. The van der Waals surface area contributed by atoms with Crippen LogP contribution < -0.4 is 0 Å². The summed E-state index contributed by atoms with van der Waals surface area (Å²) in [5.74, 6) is 0.0106. The van der Waals surface area contributed by atoms with Crippen molar-refractivity contribution < 1.29 is 8.83 Å². The number of hydrogen-bond donors (Lipinski definition) is 0. The molecule has 1 atom stereocenters. The van der Waals surface area contributed by atoms with Gasteiger partial charge in [-0.2, -0.15) is 5.26 Å². The van der Waals surface area contributed by atoms with Crippen LogP contribution in [0, 0.1) is 18.3 Å². The van der Waals surface area contributed by atoms with E-state index >= 15 is 0 Å². The summed E-state index contributed by atoms with van der Waals surface area (Å²) >= 11 is 0. The van der Waals surface area contributed by atoms with E-state index in [1.165, 1.54) is 38.8 Å². The molecule has 4 heteroatoms. The molecule has 256 valence electrons. The van der Waals surface area contributed by atoms with Crippen LogP contribution in [0.5, 0.6) is 0 Å². The largest absolute Gasteiger partial charge is 0.456 e. The molecule has 3 heterocycles. The summed E-state index contributed by atoms with van der Waals surface area (Å²) in [5, 5.41) is 17.2. The molecule has 0 aliphatic heterocycles. The highest BCUT2D eigenvalue weighted by Gasteiger charge is 2.33. The lowest BCUT2D eigenvalue weighted by Gasteiger charge is -2.17. The van der Waals surface area contributed by atoms with E-state index in [-0.39, 0.29) is 5.92 Å². The van der Waals surface area contributed by atoms with Crippen LogP contribution in [0.15, 0.2) is 167 Å². The van der Waals surface area contributed by atoms with Crippen molar-refractivity contribution in [2.24, 2.45) is 0 Å². The van der Waals surface area contributed by atoms with E-state index in [9.17, 15) is 5.26 Å². The van der Waals surface area contributed by atoms with Gasteiger partial charge in [0.2, 0.25) is 0 Å². The lowest BCUT2D eigenvalue weighted by atomic mass is 9.85. The van der Waals surface area contributed by atoms with Crippen molar-refractivity contribution in [1.29, 1.82) is 5.26 Å². The molecular formula is C51H30N2O2. The number of nitriles is 1. The van der Waals surface area contributed by atoms with Gasteiger partial charge in [-0.1, -0.05) is 109 Å². The first-order valence-electron chi connectivity index (χ1n) is 18.7. The van der Waals surface area contributed by atoms with Crippen LogP contribution >= 0.6 is 0 Å². The number of para-hydroxylation sites is 2. The molecule has 0 radical (unpaired) electrons. The molecule has 12 rings (SSSR count). The maximum atomic E-state index is 10.5. The summed E-state index contributed by atoms with van der Waals surface area (Å²) in [6, 6.07) is 58.2. The first kappa shape index (κ1) is 30.1. The minimum atomic E-state index is 0.0106. The highest BCUT2D eigenvalue weighted by atomic mass is 16.3. The van der Waals surface area contributed by atoms with E-state index in [2.05, 4.69) is 145 Å². The van der Waals surface area contributed by atoms with Crippen LogP contribution in [0.4, 0.5) is 0 Å². The topological polar surface area (TPSA) is 55.0 Å². The third-order valence-corrected chi connectivity index (χ3v) is 11.7. The lowest BCUT2D eigenvalue weighted by molar-refractivity contribution is 0.668. The Morgan fingerprint density at radius 3 is 2.25 bits per heavy atom. The number of nitrogens with zero attached hydrogens (tertiary/aromatic N) is 2. The van der Waals surface area contributed by atoms with E-state index in [1.807, 2.05) is 30.3 Å². The number of benzene rings is 8. The van der Waals surface area contributed by atoms with Crippen molar-refractivity contribution in [3.8, 4) is 34.0 Å². The highest BCUT2D eigenvalue weighted by molar-refractivity contribution is 6.21. The van der Waals surface area contributed by atoms with E-state index in [1.54, 1.807) is 0 Å². The Kier molecular flexibility index (Phi) is 6.08. The van der Waals surface area contributed by atoms with E-state index in [0.717, 1.165) is 77.1 Å². The van der Waals surface area contributed by atoms with Crippen molar-refractivity contribution in [2.45, 2.75) is 12.8 Å². The molecule has 0 N–H and O–H groups in total. The average Bonchev–Trinajstić information content (AvgIpc) is 3.98. The molecule has 0 bridgehead atoms. The van der Waals surface area contributed by atoms with Crippen LogP contribution in [0.3, 0.4) is 0 Å². The maximum Gasteiger partial charge on any atom is 0.160 e. The summed E-state index contributed by atoms with van der Waals surface area (Å²) in [4.78, 5) is 0. The fourth-order valence-corrected chi connectivity index (χ4v) is 9.41. The second-order valence-corrected chi connectivity index (χ2v) is 14.8.